The molecule has 0 bridgehead atoms. The first kappa shape index (κ1) is 24.3. The number of halogens is 3. The number of aromatic nitrogens is 2. The lowest BCUT2D eigenvalue weighted by molar-refractivity contribution is -0.137. The molecule has 0 N–H and O–H groups in total. The fourth-order valence-electron chi connectivity index (χ4n) is 4.11. The number of unbranched alkanes of at least 4 members (excludes halogenated alkanes) is 2. The zero-order valence-corrected chi connectivity index (χ0v) is 19.4. The number of benzene rings is 2. The van der Waals surface area contributed by atoms with Crippen molar-refractivity contribution in [2.24, 2.45) is 0 Å². The van der Waals surface area contributed by atoms with E-state index in [4.69, 9.17) is 0 Å². The molecule has 3 rings (SSSR count). The van der Waals surface area contributed by atoms with Gasteiger partial charge in [-0.25, -0.2) is 4.98 Å². The SMILES string of the molecule is CCCCN(CCCC)CCCn1c(-c2ccccc2C)nc2cc(C(F)(F)F)ccc21. The van der Waals surface area contributed by atoms with Gasteiger partial charge in [0.1, 0.15) is 5.82 Å². The molecule has 0 saturated carbocycles. The highest BCUT2D eigenvalue weighted by molar-refractivity contribution is 5.82. The molecule has 0 spiro atoms. The summed E-state index contributed by atoms with van der Waals surface area (Å²) in [6, 6.07) is 11.8. The highest BCUT2D eigenvalue weighted by Crippen LogP contribution is 2.33. The van der Waals surface area contributed by atoms with Crippen LogP contribution in [0.3, 0.4) is 0 Å². The normalized spacial score (nSPS) is 12.2. The van der Waals surface area contributed by atoms with Gasteiger partial charge >= 0.3 is 6.18 Å². The maximum atomic E-state index is 13.3. The Morgan fingerprint density at radius 1 is 0.906 bits per heavy atom. The third-order valence-electron chi connectivity index (χ3n) is 5.97. The third-order valence-corrected chi connectivity index (χ3v) is 5.97. The molecule has 1 heterocycles. The Balaban J connectivity index is 1.91. The van der Waals surface area contributed by atoms with Crippen molar-refractivity contribution >= 4 is 11.0 Å². The maximum absolute atomic E-state index is 13.3. The van der Waals surface area contributed by atoms with E-state index in [2.05, 4.69) is 28.3 Å². The number of nitrogens with zero attached hydrogens (tertiary/aromatic N) is 3. The summed E-state index contributed by atoms with van der Waals surface area (Å²) in [6.07, 6.45) is 1.28. The van der Waals surface area contributed by atoms with Crippen molar-refractivity contribution in [3.63, 3.8) is 0 Å². The second kappa shape index (κ2) is 11.0. The minimum absolute atomic E-state index is 0.395. The summed E-state index contributed by atoms with van der Waals surface area (Å²) >= 11 is 0. The van der Waals surface area contributed by atoms with Crippen LogP contribution < -0.4 is 0 Å². The van der Waals surface area contributed by atoms with Crippen molar-refractivity contribution in [2.75, 3.05) is 19.6 Å². The molecule has 0 saturated heterocycles. The van der Waals surface area contributed by atoms with Crippen molar-refractivity contribution in [3.05, 3.63) is 53.6 Å². The number of fused-ring (bicyclic) bond motifs is 1. The summed E-state index contributed by atoms with van der Waals surface area (Å²) in [5.41, 5.74) is 2.52. The Labute approximate surface area is 189 Å². The molecule has 0 aliphatic carbocycles. The number of rotatable bonds is 11. The molecule has 3 nitrogen and oxygen atoms in total. The first-order chi connectivity index (χ1) is 15.3. The Bertz CT molecular complexity index is 999. The van der Waals surface area contributed by atoms with Crippen LogP contribution in [0.5, 0.6) is 0 Å². The Hall–Kier alpha value is -2.34. The van der Waals surface area contributed by atoms with Gasteiger partial charge in [0.05, 0.1) is 16.6 Å². The first-order valence-electron chi connectivity index (χ1n) is 11.7. The van der Waals surface area contributed by atoms with Crippen LogP contribution in [0.4, 0.5) is 13.2 Å². The van der Waals surface area contributed by atoms with Crippen molar-refractivity contribution in [3.8, 4) is 11.4 Å². The van der Waals surface area contributed by atoms with Crippen molar-refractivity contribution in [1.29, 1.82) is 0 Å². The topological polar surface area (TPSA) is 21.1 Å². The lowest BCUT2D eigenvalue weighted by atomic mass is 10.1. The highest BCUT2D eigenvalue weighted by Gasteiger charge is 2.31. The number of hydrogen-bond acceptors (Lipinski definition) is 2. The average molecular weight is 446 g/mol. The third kappa shape index (κ3) is 5.91. The van der Waals surface area contributed by atoms with Crippen molar-refractivity contribution < 1.29 is 13.2 Å². The van der Waals surface area contributed by atoms with Crippen LogP contribution in [0.15, 0.2) is 42.5 Å². The van der Waals surface area contributed by atoms with Gasteiger partial charge in [0.15, 0.2) is 0 Å². The van der Waals surface area contributed by atoms with E-state index in [1.165, 1.54) is 31.7 Å². The van der Waals surface area contributed by atoms with E-state index in [1.54, 1.807) is 6.07 Å². The molecule has 0 atom stereocenters. The lowest BCUT2D eigenvalue weighted by Gasteiger charge is -2.22. The molecule has 0 fully saturated rings. The maximum Gasteiger partial charge on any atom is 0.416 e. The highest BCUT2D eigenvalue weighted by atomic mass is 19.4. The molecule has 32 heavy (non-hydrogen) atoms. The van der Waals surface area contributed by atoms with Gasteiger partial charge in [0.2, 0.25) is 0 Å². The molecule has 174 valence electrons. The Morgan fingerprint density at radius 3 is 2.19 bits per heavy atom. The van der Waals surface area contributed by atoms with Gasteiger partial charge in [-0.2, -0.15) is 13.2 Å². The van der Waals surface area contributed by atoms with Crippen LogP contribution >= 0.6 is 0 Å². The average Bonchev–Trinajstić information content (AvgIpc) is 3.12. The van der Waals surface area contributed by atoms with Gasteiger partial charge in [-0.15, -0.1) is 0 Å². The quantitative estimate of drug-likeness (QED) is 0.308. The van der Waals surface area contributed by atoms with Crippen LogP contribution in [0.1, 0.15) is 57.1 Å². The summed E-state index contributed by atoms with van der Waals surface area (Å²) in [7, 11) is 0. The van der Waals surface area contributed by atoms with Crippen LogP contribution in [-0.4, -0.2) is 34.1 Å². The minimum Gasteiger partial charge on any atom is -0.324 e. The van der Waals surface area contributed by atoms with Gasteiger partial charge < -0.3 is 9.47 Å². The zero-order valence-electron chi connectivity index (χ0n) is 19.4. The molecule has 0 radical (unpaired) electrons. The van der Waals surface area contributed by atoms with Gasteiger partial charge in [0.25, 0.3) is 0 Å². The second-order valence-electron chi connectivity index (χ2n) is 8.51. The molecule has 0 amide bonds. The van der Waals surface area contributed by atoms with Gasteiger partial charge in [-0.1, -0.05) is 51.0 Å². The van der Waals surface area contributed by atoms with Gasteiger partial charge in [-0.05, 0) is 69.6 Å². The monoisotopic (exact) mass is 445 g/mol. The molecule has 6 heteroatoms. The zero-order chi connectivity index (χ0) is 23.1. The molecule has 2 aromatic carbocycles. The second-order valence-corrected chi connectivity index (χ2v) is 8.51. The summed E-state index contributed by atoms with van der Waals surface area (Å²) in [5.74, 6) is 0.742. The molecule has 0 aliphatic heterocycles. The number of alkyl halides is 3. The van der Waals surface area contributed by atoms with Gasteiger partial charge in [0, 0.05) is 12.1 Å². The van der Waals surface area contributed by atoms with Crippen molar-refractivity contribution in [2.45, 2.75) is 65.6 Å². The van der Waals surface area contributed by atoms with Crippen LogP contribution in [0, 0.1) is 6.92 Å². The van der Waals surface area contributed by atoms with E-state index in [1.807, 2.05) is 31.2 Å². The Kier molecular flexibility index (Phi) is 8.35. The fourth-order valence-corrected chi connectivity index (χ4v) is 4.11. The molecule has 0 aliphatic rings. The van der Waals surface area contributed by atoms with E-state index in [-0.39, 0.29) is 0 Å². The number of imidazole rings is 1. The predicted molar refractivity (Wildman–Crippen MR) is 126 cm³/mol. The van der Waals surface area contributed by atoms with Gasteiger partial charge in [-0.3, -0.25) is 0 Å². The number of aryl methyl sites for hydroxylation is 2. The standard InChI is InChI=1S/C26H34F3N3/c1-4-6-15-31(16-7-5-2)17-10-18-32-24-14-13-21(26(27,28)29)19-23(24)30-25(32)22-12-9-8-11-20(22)3/h8-9,11-14,19H,4-7,10,15-18H2,1-3H3. The van der Waals surface area contributed by atoms with Crippen LogP contribution in [0.25, 0.3) is 22.4 Å². The summed E-state index contributed by atoms with van der Waals surface area (Å²) in [4.78, 5) is 7.18. The lowest BCUT2D eigenvalue weighted by Crippen LogP contribution is -2.28. The predicted octanol–water partition coefficient (Wildman–Crippen LogP) is 7.32. The fraction of sp³-hybridized carbons (Fsp3) is 0.500. The number of hydrogen-bond donors (Lipinski definition) is 0. The largest absolute Gasteiger partial charge is 0.416 e. The van der Waals surface area contributed by atoms with E-state index >= 15 is 0 Å². The van der Waals surface area contributed by atoms with E-state index < -0.39 is 11.7 Å². The molecular formula is C26H34F3N3. The summed E-state index contributed by atoms with van der Waals surface area (Å²) in [5, 5.41) is 0. The Morgan fingerprint density at radius 2 is 1.56 bits per heavy atom. The van der Waals surface area contributed by atoms with E-state index in [0.29, 0.717) is 5.52 Å². The molecule has 0 unspecified atom stereocenters. The van der Waals surface area contributed by atoms with Crippen molar-refractivity contribution in [1.82, 2.24) is 14.5 Å². The van der Waals surface area contributed by atoms with E-state index in [9.17, 15) is 13.2 Å². The minimum atomic E-state index is -4.38. The summed E-state index contributed by atoms with van der Waals surface area (Å²) in [6.45, 7) is 10.3. The van der Waals surface area contributed by atoms with Crippen LogP contribution in [-0.2, 0) is 12.7 Å². The molecular weight excluding hydrogens is 411 g/mol. The summed E-state index contributed by atoms with van der Waals surface area (Å²) < 4.78 is 41.9. The molecule has 1 aromatic heterocycles. The first-order valence-corrected chi connectivity index (χ1v) is 11.7. The van der Waals surface area contributed by atoms with E-state index in [0.717, 1.165) is 61.1 Å². The molecule has 3 aromatic rings. The smallest absolute Gasteiger partial charge is 0.324 e. The van der Waals surface area contributed by atoms with Crippen LogP contribution in [0.2, 0.25) is 0 Å².